The summed E-state index contributed by atoms with van der Waals surface area (Å²) in [5, 5.41) is 1.30. The van der Waals surface area contributed by atoms with Gasteiger partial charge in [-0.25, -0.2) is 0 Å². The fourth-order valence-corrected chi connectivity index (χ4v) is 5.91. The molecule has 2 aliphatic heterocycles. The minimum atomic E-state index is -5.02. The van der Waals surface area contributed by atoms with Gasteiger partial charge in [0.2, 0.25) is 0 Å². The molecule has 0 saturated carbocycles. The van der Waals surface area contributed by atoms with Crippen LogP contribution in [0.5, 0.6) is 11.5 Å². The zero-order chi connectivity index (χ0) is 32.4. The van der Waals surface area contributed by atoms with E-state index in [1.807, 2.05) is 24.3 Å². The van der Waals surface area contributed by atoms with E-state index in [-0.39, 0.29) is 23.5 Å². The zero-order valence-corrected chi connectivity index (χ0v) is 25.3. The van der Waals surface area contributed by atoms with Gasteiger partial charge in [0.15, 0.2) is 16.7 Å². The molecule has 5 rings (SSSR count). The van der Waals surface area contributed by atoms with E-state index in [2.05, 4.69) is 14.8 Å². The summed E-state index contributed by atoms with van der Waals surface area (Å²) in [6, 6.07) is 13.7. The number of nitrogens with zero attached hydrogens (tertiary/aromatic N) is 3. The van der Waals surface area contributed by atoms with Crippen LogP contribution in [0.4, 0.5) is 26.3 Å². The van der Waals surface area contributed by atoms with Crippen molar-refractivity contribution in [3.05, 3.63) is 98.4 Å². The lowest BCUT2D eigenvalue weighted by molar-refractivity contribution is -0.143. The number of benzene rings is 3. The molecule has 0 N–H and O–H groups in total. The van der Waals surface area contributed by atoms with Crippen LogP contribution in [-0.4, -0.2) is 54.2 Å². The largest absolute Gasteiger partial charge is 0.493 e. The number of thioether (sulfide) groups is 1. The topological polar surface area (TPSA) is 54.4 Å². The van der Waals surface area contributed by atoms with Crippen molar-refractivity contribution in [2.45, 2.75) is 25.5 Å². The van der Waals surface area contributed by atoms with Crippen LogP contribution in [0.1, 0.15) is 27.8 Å². The summed E-state index contributed by atoms with van der Waals surface area (Å²) in [5.74, 6) is -0.149. The van der Waals surface area contributed by atoms with Crippen molar-refractivity contribution in [2.75, 3.05) is 33.3 Å². The molecule has 238 valence electrons. The molecule has 1 amide bonds. The van der Waals surface area contributed by atoms with Gasteiger partial charge in [-0.2, -0.15) is 31.3 Å². The highest BCUT2D eigenvalue weighted by atomic mass is 35.5. The van der Waals surface area contributed by atoms with Crippen molar-refractivity contribution in [3.63, 3.8) is 0 Å². The summed E-state index contributed by atoms with van der Waals surface area (Å²) < 4.78 is 90.4. The van der Waals surface area contributed by atoms with Crippen LogP contribution >= 0.6 is 23.4 Å². The number of hydrogen-bond donors (Lipinski definition) is 0. The first-order valence-corrected chi connectivity index (χ1v) is 14.8. The first-order chi connectivity index (χ1) is 21.3. The highest BCUT2D eigenvalue weighted by Crippen LogP contribution is 2.39. The first-order valence-electron chi connectivity index (χ1n) is 13.6. The molecule has 3 aromatic carbocycles. The Balaban J connectivity index is 1.21. The molecule has 0 aliphatic carbocycles. The van der Waals surface area contributed by atoms with Crippen molar-refractivity contribution in [2.24, 2.45) is 4.99 Å². The molecule has 3 aromatic rings. The standard InChI is InChI=1S/C31H26ClF6N3O3S/c1-43-26-14-20(4-9-25(26)44-18-21-5-6-22(30(33,34)35)16-24(21)31(36,37)38)15-27-28(42)39-29(45-27)41-12-10-40(11-13-41)17-19-2-7-23(32)8-3-19/h2-9,14-16H,10-13,17-18H2,1H3/b27-15+. The first kappa shape index (κ1) is 32.7. The number of rotatable bonds is 7. The normalized spacial score (nSPS) is 17.2. The van der Waals surface area contributed by atoms with Crippen molar-refractivity contribution in [3.8, 4) is 11.5 Å². The van der Waals surface area contributed by atoms with Gasteiger partial charge in [-0.1, -0.05) is 35.9 Å². The lowest BCUT2D eigenvalue weighted by Gasteiger charge is -2.35. The second kappa shape index (κ2) is 13.4. The number of alkyl halides is 6. The Kier molecular flexibility index (Phi) is 9.71. The zero-order valence-electron chi connectivity index (χ0n) is 23.7. The number of hydrogen-bond acceptors (Lipinski definition) is 6. The van der Waals surface area contributed by atoms with Gasteiger partial charge in [-0.05, 0) is 65.4 Å². The SMILES string of the molecule is COc1cc(/C=C2/SC(N3CCN(Cc4ccc(Cl)cc4)CC3)=NC2=O)ccc1OCc1ccc(C(F)(F)F)cc1C(F)(F)F. The Morgan fingerprint density at radius 3 is 2.27 bits per heavy atom. The summed E-state index contributed by atoms with van der Waals surface area (Å²) in [4.78, 5) is 21.7. The van der Waals surface area contributed by atoms with Gasteiger partial charge in [0.25, 0.3) is 5.91 Å². The van der Waals surface area contributed by atoms with E-state index in [9.17, 15) is 31.1 Å². The van der Waals surface area contributed by atoms with Gasteiger partial charge in [0, 0.05) is 43.3 Å². The summed E-state index contributed by atoms with van der Waals surface area (Å²) >= 11 is 7.23. The average Bonchev–Trinajstić information content (AvgIpc) is 3.36. The van der Waals surface area contributed by atoms with E-state index in [1.54, 1.807) is 18.2 Å². The third kappa shape index (κ3) is 8.13. The van der Waals surface area contributed by atoms with Crippen LogP contribution in [0.3, 0.4) is 0 Å². The van der Waals surface area contributed by atoms with E-state index in [1.165, 1.54) is 30.5 Å². The Hall–Kier alpha value is -3.68. The number of aliphatic imine (C=N–C) groups is 1. The number of methoxy groups -OCH3 is 1. The molecule has 0 radical (unpaired) electrons. The van der Waals surface area contributed by atoms with Gasteiger partial charge >= 0.3 is 12.4 Å². The predicted octanol–water partition coefficient (Wildman–Crippen LogP) is 7.75. The molecule has 2 heterocycles. The fraction of sp³-hybridized carbons (Fsp3) is 0.290. The van der Waals surface area contributed by atoms with E-state index in [4.69, 9.17) is 21.1 Å². The molecule has 2 aliphatic rings. The number of amidine groups is 1. The van der Waals surface area contributed by atoms with E-state index in [0.29, 0.717) is 39.8 Å². The van der Waals surface area contributed by atoms with Crippen LogP contribution in [0.2, 0.25) is 5.02 Å². The summed E-state index contributed by atoms with van der Waals surface area (Å²) in [7, 11) is 1.33. The lowest BCUT2D eigenvalue weighted by atomic mass is 10.0. The molecule has 0 unspecified atom stereocenters. The molecule has 1 saturated heterocycles. The summed E-state index contributed by atoms with van der Waals surface area (Å²) in [5.41, 5.74) is -1.58. The number of carbonyl (C=O) groups excluding carboxylic acids is 1. The van der Waals surface area contributed by atoms with Gasteiger partial charge < -0.3 is 14.4 Å². The van der Waals surface area contributed by atoms with Crippen molar-refractivity contribution in [1.29, 1.82) is 0 Å². The third-order valence-electron chi connectivity index (χ3n) is 7.18. The molecule has 45 heavy (non-hydrogen) atoms. The van der Waals surface area contributed by atoms with Crippen LogP contribution in [0.25, 0.3) is 6.08 Å². The molecular weight excluding hydrogens is 644 g/mol. The summed E-state index contributed by atoms with van der Waals surface area (Å²) in [6.45, 7) is 3.14. The number of amides is 1. The highest BCUT2D eigenvalue weighted by Gasteiger charge is 2.38. The van der Waals surface area contributed by atoms with E-state index < -0.39 is 35.6 Å². The number of ether oxygens (including phenoxy) is 2. The number of halogens is 7. The quantitative estimate of drug-likeness (QED) is 0.189. The predicted molar refractivity (Wildman–Crippen MR) is 160 cm³/mol. The second-order valence-corrected chi connectivity index (χ2v) is 11.7. The second-order valence-electron chi connectivity index (χ2n) is 10.3. The Morgan fingerprint density at radius 1 is 0.911 bits per heavy atom. The van der Waals surface area contributed by atoms with Gasteiger partial charge in [-0.3, -0.25) is 9.69 Å². The highest BCUT2D eigenvalue weighted by molar-refractivity contribution is 8.18. The Morgan fingerprint density at radius 2 is 1.62 bits per heavy atom. The molecule has 14 heteroatoms. The molecular formula is C31H26ClF6N3O3S. The van der Waals surface area contributed by atoms with Crippen LogP contribution in [0.15, 0.2) is 70.6 Å². The van der Waals surface area contributed by atoms with Crippen molar-refractivity contribution >= 4 is 40.5 Å². The van der Waals surface area contributed by atoms with Crippen molar-refractivity contribution in [1.82, 2.24) is 9.80 Å². The maximum absolute atomic E-state index is 13.5. The maximum atomic E-state index is 13.5. The number of carbonyl (C=O) groups is 1. The fourth-order valence-electron chi connectivity index (χ4n) is 4.82. The maximum Gasteiger partial charge on any atom is 0.416 e. The smallest absolute Gasteiger partial charge is 0.416 e. The minimum absolute atomic E-state index is 0.0686. The molecule has 0 bridgehead atoms. The average molecular weight is 670 g/mol. The molecule has 6 nitrogen and oxygen atoms in total. The monoisotopic (exact) mass is 669 g/mol. The third-order valence-corrected chi connectivity index (χ3v) is 8.48. The summed E-state index contributed by atoms with van der Waals surface area (Å²) in [6.07, 6.45) is -8.31. The van der Waals surface area contributed by atoms with Crippen molar-refractivity contribution < 1.29 is 40.6 Å². The lowest BCUT2D eigenvalue weighted by Crippen LogP contribution is -2.47. The number of piperazine rings is 1. The van der Waals surface area contributed by atoms with Gasteiger partial charge in [-0.15, -0.1) is 0 Å². The van der Waals surface area contributed by atoms with Crippen LogP contribution < -0.4 is 9.47 Å². The van der Waals surface area contributed by atoms with E-state index in [0.717, 1.165) is 25.7 Å². The minimum Gasteiger partial charge on any atom is -0.493 e. The van der Waals surface area contributed by atoms with Gasteiger partial charge in [0.05, 0.1) is 23.1 Å². The van der Waals surface area contributed by atoms with E-state index >= 15 is 0 Å². The Labute approximate surface area is 264 Å². The Bertz CT molecular complexity index is 1620. The molecule has 1 fully saturated rings. The molecule has 0 atom stereocenters. The molecule has 0 spiro atoms. The van der Waals surface area contributed by atoms with Crippen LogP contribution in [0, 0.1) is 0 Å². The van der Waals surface area contributed by atoms with Crippen LogP contribution in [-0.2, 0) is 30.3 Å². The van der Waals surface area contributed by atoms with Gasteiger partial charge in [0.1, 0.15) is 6.61 Å². The molecule has 0 aromatic heterocycles.